The molecule has 0 radical (unpaired) electrons. The average Bonchev–Trinajstić information content (AvgIpc) is 2.33. The summed E-state index contributed by atoms with van der Waals surface area (Å²) in [6.45, 7) is 0. The monoisotopic (exact) mass is 327 g/mol. The van der Waals surface area contributed by atoms with Crippen molar-refractivity contribution in [2.45, 2.75) is 54.7 Å². The van der Waals surface area contributed by atoms with E-state index in [1.165, 1.54) is 47.9 Å². The zero-order valence-corrected chi connectivity index (χ0v) is 13.4. The SMILES string of the molecule is CNC1CCCCCCC1Sc1cccc(Br)c1. The van der Waals surface area contributed by atoms with Gasteiger partial charge in [0.1, 0.15) is 0 Å². The molecule has 0 spiro atoms. The van der Waals surface area contributed by atoms with Crippen molar-refractivity contribution in [2.75, 3.05) is 7.05 Å². The molecule has 2 atom stereocenters. The van der Waals surface area contributed by atoms with Crippen molar-refractivity contribution in [1.82, 2.24) is 5.32 Å². The molecule has 2 unspecified atom stereocenters. The standard InChI is InChI=1S/C15H22BrNS/c1-17-14-9-4-2-3-5-10-15(14)18-13-8-6-7-12(16)11-13/h6-8,11,14-15,17H,2-5,9-10H2,1H3. The molecule has 0 aliphatic heterocycles. The van der Waals surface area contributed by atoms with E-state index in [9.17, 15) is 0 Å². The smallest absolute Gasteiger partial charge is 0.0248 e. The van der Waals surface area contributed by atoms with Gasteiger partial charge in [-0.3, -0.25) is 0 Å². The third kappa shape index (κ3) is 4.29. The third-order valence-electron chi connectivity index (χ3n) is 3.66. The number of hydrogen-bond acceptors (Lipinski definition) is 2. The third-order valence-corrected chi connectivity index (χ3v) is 5.54. The summed E-state index contributed by atoms with van der Waals surface area (Å²) in [6, 6.07) is 9.34. The zero-order valence-electron chi connectivity index (χ0n) is 11.0. The Morgan fingerprint density at radius 2 is 1.94 bits per heavy atom. The summed E-state index contributed by atoms with van der Waals surface area (Å²) in [7, 11) is 2.11. The number of hydrogen-bond donors (Lipinski definition) is 1. The van der Waals surface area contributed by atoms with Crippen LogP contribution in [0.4, 0.5) is 0 Å². The maximum absolute atomic E-state index is 3.56. The highest BCUT2D eigenvalue weighted by atomic mass is 79.9. The average molecular weight is 328 g/mol. The molecule has 2 rings (SSSR count). The number of halogens is 1. The van der Waals surface area contributed by atoms with Gasteiger partial charge in [-0.15, -0.1) is 11.8 Å². The lowest BCUT2D eigenvalue weighted by Crippen LogP contribution is -2.36. The molecule has 3 heteroatoms. The summed E-state index contributed by atoms with van der Waals surface area (Å²) in [6.07, 6.45) is 8.23. The molecule has 0 aromatic heterocycles. The molecule has 0 saturated heterocycles. The van der Waals surface area contributed by atoms with Crippen molar-refractivity contribution in [3.63, 3.8) is 0 Å². The van der Waals surface area contributed by atoms with E-state index in [2.05, 4.69) is 52.6 Å². The van der Waals surface area contributed by atoms with Crippen molar-refractivity contribution in [1.29, 1.82) is 0 Å². The van der Waals surface area contributed by atoms with Gasteiger partial charge in [-0.1, -0.05) is 47.7 Å². The van der Waals surface area contributed by atoms with E-state index < -0.39 is 0 Å². The van der Waals surface area contributed by atoms with Gasteiger partial charge in [0.05, 0.1) is 0 Å². The minimum atomic E-state index is 0.661. The van der Waals surface area contributed by atoms with Gasteiger partial charge in [-0.25, -0.2) is 0 Å². The quantitative estimate of drug-likeness (QED) is 0.851. The van der Waals surface area contributed by atoms with Gasteiger partial charge in [0, 0.05) is 20.7 Å². The molecular weight excluding hydrogens is 306 g/mol. The lowest BCUT2D eigenvalue weighted by molar-refractivity contribution is 0.420. The molecule has 1 saturated carbocycles. The summed E-state index contributed by atoms with van der Waals surface area (Å²) >= 11 is 5.60. The van der Waals surface area contributed by atoms with E-state index in [-0.39, 0.29) is 0 Å². The molecule has 1 fully saturated rings. The van der Waals surface area contributed by atoms with Crippen molar-refractivity contribution < 1.29 is 0 Å². The largest absolute Gasteiger partial charge is 0.316 e. The van der Waals surface area contributed by atoms with E-state index >= 15 is 0 Å². The maximum Gasteiger partial charge on any atom is 0.0248 e. The molecular formula is C15H22BrNS. The van der Waals surface area contributed by atoms with Gasteiger partial charge < -0.3 is 5.32 Å². The second-order valence-electron chi connectivity index (χ2n) is 5.00. The Morgan fingerprint density at radius 3 is 2.67 bits per heavy atom. The molecule has 0 amide bonds. The summed E-state index contributed by atoms with van der Waals surface area (Å²) in [5, 5.41) is 4.24. The predicted molar refractivity (Wildman–Crippen MR) is 84.3 cm³/mol. The topological polar surface area (TPSA) is 12.0 Å². The first-order chi connectivity index (χ1) is 8.79. The Bertz CT molecular complexity index is 369. The van der Waals surface area contributed by atoms with E-state index in [1.54, 1.807) is 0 Å². The number of thioether (sulfide) groups is 1. The van der Waals surface area contributed by atoms with Crippen LogP contribution in [0.2, 0.25) is 0 Å². The molecule has 0 heterocycles. The Hall–Kier alpha value is 0.01000. The van der Waals surface area contributed by atoms with Crippen LogP contribution in [-0.2, 0) is 0 Å². The molecule has 18 heavy (non-hydrogen) atoms. The fourth-order valence-corrected chi connectivity index (χ4v) is 4.61. The summed E-state index contributed by atoms with van der Waals surface area (Å²) in [4.78, 5) is 1.38. The van der Waals surface area contributed by atoms with Crippen LogP contribution in [-0.4, -0.2) is 18.3 Å². The van der Waals surface area contributed by atoms with Gasteiger partial charge in [-0.05, 0) is 38.1 Å². The van der Waals surface area contributed by atoms with Crippen LogP contribution in [0.15, 0.2) is 33.6 Å². The van der Waals surface area contributed by atoms with Crippen molar-refractivity contribution in [2.24, 2.45) is 0 Å². The summed E-state index contributed by atoms with van der Waals surface area (Å²) < 4.78 is 1.18. The van der Waals surface area contributed by atoms with Crippen LogP contribution in [0.3, 0.4) is 0 Å². The normalized spacial score (nSPS) is 25.4. The van der Waals surface area contributed by atoms with E-state index in [4.69, 9.17) is 0 Å². The van der Waals surface area contributed by atoms with Crippen LogP contribution in [0, 0.1) is 0 Å². The molecule has 100 valence electrons. The minimum Gasteiger partial charge on any atom is -0.316 e. The van der Waals surface area contributed by atoms with Crippen LogP contribution in [0.5, 0.6) is 0 Å². The first kappa shape index (κ1) is 14.4. The maximum atomic E-state index is 3.56. The van der Waals surface area contributed by atoms with Crippen LogP contribution in [0.25, 0.3) is 0 Å². The number of rotatable bonds is 3. The van der Waals surface area contributed by atoms with E-state index in [0.717, 1.165) is 0 Å². The zero-order chi connectivity index (χ0) is 12.8. The van der Waals surface area contributed by atoms with Crippen molar-refractivity contribution >= 4 is 27.7 Å². The Morgan fingerprint density at radius 1 is 1.17 bits per heavy atom. The Balaban J connectivity index is 2.03. The molecule has 1 nitrogen and oxygen atoms in total. The van der Waals surface area contributed by atoms with Crippen molar-refractivity contribution in [3.8, 4) is 0 Å². The second-order valence-corrected chi connectivity index (χ2v) is 7.23. The molecule has 1 N–H and O–H groups in total. The van der Waals surface area contributed by atoms with Crippen molar-refractivity contribution in [3.05, 3.63) is 28.7 Å². The van der Waals surface area contributed by atoms with Gasteiger partial charge in [-0.2, -0.15) is 0 Å². The fourth-order valence-electron chi connectivity index (χ4n) is 2.64. The summed E-state index contributed by atoms with van der Waals surface area (Å²) in [5.74, 6) is 0. The number of benzene rings is 1. The van der Waals surface area contributed by atoms with Crippen LogP contribution in [0.1, 0.15) is 38.5 Å². The predicted octanol–water partition coefficient (Wildman–Crippen LogP) is 4.85. The molecule has 0 bridgehead atoms. The van der Waals surface area contributed by atoms with Crippen LogP contribution >= 0.6 is 27.7 Å². The van der Waals surface area contributed by atoms with Gasteiger partial charge in [0.2, 0.25) is 0 Å². The lowest BCUT2D eigenvalue weighted by atomic mass is 9.96. The minimum absolute atomic E-state index is 0.661. The van der Waals surface area contributed by atoms with Gasteiger partial charge in [0.25, 0.3) is 0 Å². The van der Waals surface area contributed by atoms with E-state index in [0.29, 0.717) is 11.3 Å². The molecule has 1 aliphatic carbocycles. The van der Waals surface area contributed by atoms with Crippen LogP contribution < -0.4 is 5.32 Å². The van der Waals surface area contributed by atoms with Gasteiger partial charge in [0.15, 0.2) is 0 Å². The van der Waals surface area contributed by atoms with Gasteiger partial charge >= 0.3 is 0 Å². The number of nitrogens with one attached hydrogen (secondary N) is 1. The Labute approximate surface area is 123 Å². The first-order valence-corrected chi connectivity index (χ1v) is 8.56. The van der Waals surface area contributed by atoms with E-state index in [1.807, 2.05) is 11.8 Å². The highest BCUT2D eigenvalue weighted by Gasteiger charge is 2.22. The second kappa shape index (κ2) is 7.56. The molecule has 1 aliphatic rings. The fraction of sp³-hybridized carbons (Fsp3) is 0.600. The Kier molecular flexibility index (Phi) is 6.06. The first-order valence-electron chi connectivity index (χ1n) is 6.89. The molecule has 1 aromatic carbocycles. The highest BCUT2D eigenvalue weighted by molar-refractivity contribution is 9.10. The molecule has 1 aromatic rings. The lowest BCUT2D eigenvalue weighted by Gasteiger charge is -2.28. The highest BCUT2D eigenvalue weighted by Crippen LogP contribution is 2.33. The summed E-state index contributed by atoms with van der Waals surface area (Å²) in [5.41, 5.74) is 0.